The molecule has 4 heteroatoms. The normalized spacial score (nSPS) is 11.6. The summed E-state index contributed by atoms with van der Waals surface area (Å²) in [6, 6.07) is 26.4. The van der Waals surface area contributed by atoms with Gasteiger partial charge in [0.15, 0.2) is 0 Å². The van der Waals surface area contributed by atoms with Crippen molar-refractivity contribution in [2.75, 3.05) is 6.67 Å². The fourth-order valence-corrected chi connectivity index (χ4v) is 2.86. The van der Waals surface area contributed by atoms with Crippen LogP contribution >= 0.6 is 0 Å². The molecule has 28 heavy (non-hydrogen) atoms. The number of amides is 1. The smallest absolute Gasteiger partial charge is 0.224 e. The van der Waals surface area contributed by atoms with Crippen molar-refractivity contribution < 1.29 is 9.53 Å². The van der Waals surface area contributed by atoms with Crippen LogP contribution in [0.3, 0.4) is 0 Å². The summed E-state index contributed by atoms with van der Waals surface area (Å²) in [6.07, 6.45) is 0.685. The second-order valence-corrected chi connectivity index (χ2v) is 6.85. The number of nitrogens with two attached hydrogens (primary N) is 1. The van der Waals surface area contributed by atoms with E-state index in [1.807, 2.05) is 61.5 Å². The maximum absolute atomic E-state index is 11.7. The van der Waals surface area contributed by atoms with Crippen LogP contribution in [0.2, 0.25) is 0 Å². The van der Waals surface area contributed by atoms with Gasteiger partial charge in [-0.15, -0.1) is 0 Å². The number of hydrogen-bond donors (Lipinski definition) is 2. The van der Waals surface area contributed by atoms with E-state index in [9.17, 15) is 4.79 Å². The second-order valence-electron chi connectivity index (χ2n) is 6.85. The first kappa shape index (κ1) is 19.6. The maximum atomic E-state index is 11.7. The third kappa shape index (κ3) is 5.96. The Morgan fingerprint density at radius 1 is 0.929 bits per heavy atom. The molecule has 1 atom stereocenters. The molecule has 1 unspecified atom stereocenters. The van der Waals surface area contributed by atoms with Gasteiger partial charge in [0.25, 0.3) is 0 Å². The van der Waals surface area contributed by atoms with Gasteiger partial charge < -0.3 is 15.8 Å². The molecule has 2 aromatic carbocycles. The minimum Gasteiger partial charge on any atom is -0.489 e. The zero-order valence-electron chi connectivity index (χ0n) is 16.1. The van der Waals surface area contributed by atoms with Crippen LogP contribution in [-0.4, -0.2) is 12.6 Å². The van der Waals surface area contributed by atoms with Crippen LogP contribution in [0.25, 0.3) is 11.1 Å². The molecular formula is C24H26N2O2. The highest BCUT2D eigenvalue weighted by atomic mass is 16.5. The Hall–Kier alpha value is -3.11. The lowest BCUT2D eigenvalue weighted by molar-refractivity contribution is -0.124. The third-order valence-corrected chi connectivity index (χ3v) is 4.55. The molecule has 1 amide bonds. The van der Waals surface area contributed by atoms with Gasteiger partial charge in [-0.25, -0.2) is 0 Å². The minimum absolute atomic E-state index is 0.0214. The summed E-state index contributed by atoms with van der Waals surface area (Å²) in [6.45, 7) is 2.62. The summed E-state index contributed by atoms with van der Waals surface area (Å²) in [5, 5.41) is 2.63. The fraction of sp³-hybridized carbons (Fsp3) is 0.208. The number of carbonyl (C=O) groups is 1. The Labute approximate surface area is 166 Å². The van der Waals surface area contributed by atoms with Crippen LogP contribution in [0.5, 0.6) is 5.75 Å². The van der Waals surface area contributed by atoms with Crippen molar-refractivity contribution in [3.05, 3.63) is 90.0 Å². The van der Waals surface area contributed by atoms with E-state index in [0.717, 1.165) is 16.9 Å². The zero-order chi connectivity index (χ0) is 19.8. The van der Waals surface area contributed by atoms with E-state index in [1.54, 1.807) is 0 Å². The predicted octanol–water partition coefficient (Wildman–Crippen LogP) is 4.14. The maximum Gasteiger partial charge on any atom is 0.224 e. The van der Waals surface area contributed by atoms with Crippen LogP contribution in [-0.2, 0) is 17.8 Å². The van der Waals surface area contributed by atoms with Crippen LogP contribution in [0, 0.1) is 5.92 Å². The molecule has 2 aliphatic carbocycles. The molecule has 0 fully saturated rings. The largest absolute Gasteiger partial charge is 0.489 e. The van der Waals surface area contributed by atoms with Crippen LogP contribution in [0.15, 0.2) is 78.9 Å². The van der Waals surface area contributed by atoms with Crippen molar-refractivity contribution >= 4 is 5.91 Å². The molecule has 0 bridgehead atoms. The van der Waals surface area contributed by atoms with E-state index in [4.69, 9.17) is 10.5 Å². The molecule has 0 aliphatic heterocycles. The molecule has 0 heterocycles. The topological polar surface area (TPSA) is 64.3 Å². The molecule has 4 rings (SSSR count). The van der Waals surface area contributed by atoms with E-state index in [2.05, 4.69) is 29.6 Å². The molecule has 3 N–H and O–H groups in total. The molecule has 0 radical (unpaired) electrons. The predicted molar refractivity (Wildman–Crippen MR) is 113 cm³/mol. The number of hydrogen-bond acceptors (Lipinski definition) is 3. The first-order valence-electron chi connectivity index (χ1n) is 9.49. The Balaban J connectivity index is 0.000000311. The molecule has 4 nitrogen and oxygen atoms in total. The quantitative estimate of drug-likeness (QED) is 0.478. The van der Waals surface area contributed by atoms with E-state index in [1.165, 1.54) is 11.1 Å². The Morgan fingerprint density at radius 2 is 1.61 bits per heavy atom. The fourth-order valence-electron chi connectivity index (χ4n) is 2.86. The Kier molecular flexibility index (Phi) is 6.82. The van der Waals surface area contributed by atoms with Gasteiger partial charge in [0.2, 0.25) is 5.91 Å². The number of nitrogens with one attached hydrogen (secondary N) is 1. The lowest BCUT2D eigenvalue weighted by Gasteiger charge is -2.12. The standard InChI is InChI=1S/C18H22N2O2.C6H4/c1-14(18(21)20-13-19)11-15-7-9-17(10-8-15)22-12-16-5-3-2-4-6-16;1-2-5-4-6(5)3-1/h2-10,14H,11-13,19H2,1H3,(H,20,21);1-4H. The summed E-state index contributed by atoms with van der Waals surface area (Å²) in [5.41, 5.74) is 10.4. The van der Waals surface area contributed by atoms with E-state index < -0.39 is 0 Å². The van der Waals surface area contributed by atoms with Gasteiger partial charge in [0.1, 0.15) is 12.4 Å². The minimum atomic E-state index is -0.0976. The van der Waals surface area contributed by atoms with E-state index in [0.29, 0.717) is 13.0 Å². The SMILES string of the molecule is CC(Cc1ccc(OCc2ccccc2)cc1)C(=O)NCN.c1cc2cc-2c1. The lowest BCUT2D eigenvalue weighted by Crippen LogP contribution is -2.34. The van der Waals surface area contributed by atoms with Gasteiger partial charge in [0.05, 0.1) is 6.67 Å². The molecule has 0 aromatic heterocycles. The van der Waals surface area contributed by atoms with Gasteiger partial charge in [-0.2, -0.15) is 0 Å². The van der Waals surface area contributed by atoms with Crippen molar-refractivity contribution in [3.63, 3.8) is 0 Å². The monoisotopic (exact) mass is 374 g/mol. The summed E-state index contributed by atoms with van der Waals surface area (Å²) in [7, 11) is 0. The Bertz CT molecular complexity index is 875. The number of rotatable bonds is 7. The van der Waals surface area contributed by atoms with Crippen molar-refractivity contribution in [3.8, 4) is 16.9 Å². The van der Waals surface area contributed by atoms with Crippen molar-refractivity contribution in [1.29, 1.82) is 0 Å². The van der Waals surface area contributed by atoms with Gasteiger partial charge >= 0.3 is 0 Å². The van der Waals surface area contributed by atoms with E-state index >= 15 is 0 Å². The molecule has 2 aromatic rings. The molecule has 2 aliphatic rings. The van der Waals surface area contributed by atoms with Gasteiger partial charge in [-0.05, 0) is 46.9 Å². The highest BCUT2D eigenvalue weighted by Crippen LogP contribution is 2.32. The van der Waals surface area contributed by atoms with Crippen molar-refractivity contribution in [2.45, 2.75) is 20.0 Å². The van der Waals surface area contributed by atoms with Crippen molar-refractivity contribution in [1.82, 2.24) is 5.32 Å². The average molecular weight is 374 g/mol. The van der Waals surface area contributed by atoms with Crippen LogP contribution < -0.4 is 15.8 Å². The second kappa shape index (κ2) is 9.72. The summed E-state index contributed by atoms with van der Waals surface area (Å²) in [4.78, 5) is 11.7. The molecular weight excluding hydrogens is 348 g/mol. The molecule has 144 valence electrons. The van der Waals surface area contributed by atoms with Crippen LogP contribution in [0.1, 0.15) is 18.1 Å². The molecule has 0 saturated heterocycles. The average Bonchev–Trinajstić information content (AvgIpc) is 3.33. The first-order chi connectivity index (χ1) is 13.7. The first-order valence-corrected chi connectivity index (χ1v) is 9.49. The van der Waals surface area contributed by atoms with Gasteiger partial charge in [-0.1, -0.05) is 67.6 Å². The van der Waals surface area contributed by atoms with Crippen molar-refractivity contribution in [2.24, 2.45) is 11.7 Å². The highest BCUT2D eigenvalue weighted by Gasteiger charge is 2.12. The zero-order valence-corrected chi connectivity index (χ0v) is 16.1. The van der Waals surface area contributed by atoms with Gasteiger partial charge in [-0.3, -0.25) is 4.79 Å². The number of carbonyl (C=O) groups excluding carboxylic acids is 1. The molecule has 0 saturated carbocycles. The lowest BCUT2D eigenvalue weighted by atomic mass is 10.0. The number of ether oxygens (including phenoxy) is 1. The summed E-state index contributed by atoms with van der Waals surface area (Å²) < 4.78 is 5.74. The Morgan fingerprint density at radius 3 is 2.14 bits per heavy atom. The van der Waals surface area contributed by atoms with Crippen LogP contribution in [0.4, 0.5) is 0 Å². The number of benzene rings is 3. The van der Waals surface area contributed by atoms with Gasteiger partial charge in [0, 0.05) is 5.92 Å². The number of fused-ring (bicyclic) bond motifs is 1. The highest BCUT2D eigenvalue weighted by molar-refractivity contribution is 5.80. The third-order valence-electron chi connectivity index (χ3n) is 4.55. The van der Waals surface area contributed by atoms with E-state index in [-0.39, 0.29) is 18.5 Å². The molecule has 0 spiro atoms. The summed E-state index contributed by atoms with van der Waals surface area (Å²) in [5.74, 6) is 0.707. The summed E-state index contributed by atoms with van der Waals surface area (Å²) >= 11 is 0.